The molecule has 0 aliphatic rings. The lowest BCUT2D eigenvalue weighted by molar-refractivity contribution is 0.221. The van der Waals surface area contributed by atoms with Crippen LogP contribution in [-0.2, 0) is 0 Å². The van der Waals surface area contributed by atoms with Crippen LogP contribution in [0.25, 0.3) is 10.9 Å². The zero-order valence-corrected chi connectivity index (χ0v) is 9.99. The molecule has 0 fully saturated rings. The van der Waals surface area contributed by atoms with E-state index in [0.29, 0.717) is 11.1 Å². The molecule has 3 nitrogen and oxygen atoms in total. The second-order valence-corrected chi connectivity index (χ2v) is 4.26. The molecule has 0 aliphatic heterocycles. The topological polar surface area (TPSA) is 46.0 Å². The third-order valence-electron chi connectivity index (χ3n) is 3.02. The van der Waals surface area contributed by atoms with Gasteiger partial charge in [0.1, 0.15) is 11.9 Å². The third kappa shape index (κ3) is 2.18. The summed E-state index contributed by atoms with van der Waals surface area (Å²) in [6.45, 7) is 0. The highest BCUT2D eigenvalue weighted by Crippen LogP contribution is 2.27. The van der Waals surface area contributed by atoms with Gasteiger partial charge in [-0.2, -0.15) is 0 Å². The van der Waals surface area contributed by atoms with Gasteiger partial charge in [0.15, 0.2) is 0 Å². The summed E-state index contributed by atoms with van der Waals surface area (Å²) in [7, 11) is 0. The molecule has 0 spiro atoms. The molecular formula is C15H11FN2O. The van der Waals surface area contributed by atoms with Crippen LogP contribution in [0, 0.1) is 5.82 Å². The summed E-state index contributed by atoms with van der Waals surface area (Å²) in [6, 6.07) is 10.5. The predicted molar refractivity (Wildman–Crippen MR) is 70.0 cm³/mol. The Kier molecular flexibility index (Phi) is 2.93. The number of hydrogen-bond acceptors (Lipinski definition) is 3. The van der Waals surface area contributed by atoms with Crippen molar-refractivity contribution in [3.63, 3.8) is 0 Å². The fourth-order valence-electron chi connectivity index (χ4n) is 2.12. The fraction of sp³-hybridized carbons (Fsp3) is 0.0667. The second-order valence-electron chi connectivity index (χ2n) is 4.26. The molecule has 94 valence electrons. The van der Waals surface area contributed by atoms with E-state index in [1.165, 1.54) is 12.3 Å². The van der Waals surface area contributed by atoms with E-state index in [9.17, 15) is 9.50 Å². The van der Waals surface area contributed by atoms with E-state index in [-0.39, 0.29) is 0 Å². The van der Waals surface area contributed by atoms with Gasteiger partial charge >= 0.3 is 0 Å². The zero-order valence-electron chi connectivity index (χ0n) is 9.99. The first kappa shape index (κ1) is 11.7. The summed E-state index contributed by atoms with van der Waals surface area (Å²) in [6.07, 6.45) is 3.35. The number of aromatic nitrogens is 2. The molecule has 1 N–H and O–H groups in total. The van der Waals surface area contributed by atoms with Crippen LogP contribution >= 0.6 is 0 Å². The van der Waals surface area contributed by atoms with E-state index >= 15 is 0 Å². The SMILES string of the molecule is OC(c1cncc(F)c1)c1cccc2ncccc12. The number of halogens is 1. The van der Waals surface area contributed by atoms with Gasteiger partial charge in [-0.25, -0.2) is 4.39 Å². The molecule has 0 aliphatic carbocycles. The zero-order chi connectivity index (χ0) is 13.2. The average Bonchev–Trinajstić information content (AvgIpc) is 2.46. The molecule has 3 rings (SSSR count). The Morgan fingerprint density at radius 1 is 1.11 bits per heavy atom. The van der Waals surface area contributed by atoms with E-state index in [1.54, 1.807) is 12.3 Å². The van der Waals surface area contributed by atoms with Crippen LogP contribution in [0.2, 0.25) is 0 Å². The Hall–Kier alpha value is -2.33. The minimum absolute atomic E-state index is 0.427. The summed E-state index contributed by atoms with van der Waals surface area (Å²) in [4.78, 5) is 7.99. The van der Waals surface area contributed by atoms with Crippen LogP contribution in [0.5, 0.6) is 0 Å². The van der Waals surface area contributed by atoms with Crippen LogP contribution < -0.4 is 0 Å². The molecule has 1 unspecified atom stereocenters. The molecule has 0 amide bonds. The molecule has 0 bridgehead atoms. The van der Waals surface area contributed by atoms with Gasteiger partial charge in [-0.05, 0) is 23.8 Å². The number of pyridine rings is 2. The molecular weight excluding hydrogens is 243 g/mol. The minimum Gasteiger partial charge on any atom is -0.384 e. The molecule has 19 heavy (non-hydrogen) atoms. The minimum atomic E-state index is -0.920. The summed E-state index contributed by atoms with van der Waals surface area (Å²) < 4.78 is 13.2. The highest BCUT2D eigenvalue weighted by Gasteiger charge is 2.14. The van der Waals surface area contributed by atoms with Gasteiger partial charge < -0.3 is 5.11 Å². The number of aliphatic hydroxyl groups is 1. The van der Waals surface area contributed by atoms with Crippen LogP contribution in [-0.4, -0.2) is 15.1 Å². The third-order valence-corrected chi connectivity index (χ3v) is 3.02. The van der Waals surface area contributed by atoms with Crippen molar-refractivity contribution in [1.82, 2.24) is 9.97 Å². The first-order valence-corrected chi connectivity index (χ1v) is 5.88. The van der Waals surface area contributed by atoms with Crippen molar-refractivity contribution in [3.05, 3.63) is 71.9 Å². The molecule has 2 aromatic heterocycles. The quantitative estimate of drug-likeness (QED) is 0.764. The first-order valence-electron chi connectivity index (χ1n) is 5.88. The lowest BCUT2D eigenvalue weighted by Gasteiger charge is -2.13. The normalized spacial score (nSPS) is 12.5. The molecule has 2 heterocycles. The molecule has 3 aromatic rings. The van der Waals surface area contributed by atoms with Gasteiger partial charge in [-0.15, -0.1) is 0 Å². The van der Waals surface area contributed by atoms with E-state index < -0.39 is 11.9 Å². The van der Waals surface area contributed by atoms with Gasteiger partial charge in [0.25, 0.3) is 0 Å². The maximum atomic E-state index is 13.2. The number of benzene rings is 1. The van der Waals surface area contributed by atoms with Gasteiger partial charge in [0, 0.05) is 23.3 Å². The molecule has 0 saturated heterocycles. The molecule has 0 saturated carbocycles. The van der Waals surface area contributed by atoms with Crippen LogP contribution in [0.1, 0.15) is 17.2 Å². The molecule has 1 atom stereocenters. The van der Waals surface area contributed by atoms with Crippen molar-refractivity contribution in [1.29, 1.82) is 0 Å². The maximum absolute atomic E-state index is 13.2. The van der Waals surface area contributed by atoms with Gasteiger partial charge in [-0.1, -0.05) is 18.2 Å². The predicted octanol–water partition coefficient (Wildman–Crippen LogP) is 2.85. The average molecular weight is 254 g/mol. The number of aliphatic hydroxyl groups excluding tert-OH is 1. The highest BCUT2D eigenvalue weighted by atomic mass is 19.1. The Morgan fingerprint density at radius 3 is 2.84 bits per heavy atom. The Morgan fingerprint density at radius 2 is 2.00 bits per heavy atom. The lowest BCUT2D eigenvalue weighted by atomic mass is 9.99. The van der Waals surface area contributed by atoms with Crippen LogP contribution in [0.3, 0.4) is 0 Å². The number of fused-ring (bicyclic) bond motifs is 1. The number of nitrogens with zero attached hydrogens (tertiary/aromatic N) is 2. The summed E-state index contributed by atoms with van der Waals surface area (Å²) >= 11 is 0. The summed E-state index contributed by atoms with van der Waals surface area (Å²) in [5, 5.41) is 11.2. The first-order chi connectivity index (χ1) is 9.25. The van der Waals surface area contributed by atoms with Gasteiger partial charge in [0.05, 0.1) is 11.7 Å². The highest BCUT2D eigenvalue weighted by molar-refractivity contribution is 5.82. The standard InChI is InChI=1S/C15H11FN2O/c16-11-7-10(8-17-9-11)15(19)13-3-1-5-14-12(13)4-2-6-18-14/h1-9,15,19H. The van der Waals surface area contributed by atoms with Crippen molar-refractivity contribution in [3.8, 4) is 0 Å². The van der Waals surface area contributed by atoms with Crippen molar-refractivity contribution < 1.29 is 9.50 Å². The summed E-state index contributed by atoms with van der Waals surface area (Å²) in [5.74, 6) is -0.463. The Bertz CT molecular complexity index is 725. The molecule has 0 radical (unpaired) electrons. The van der Waals surface area contributed by atoms with Crippen LogP contribution in [0.4, 0.5) is 4.39 Å². The van der Waals surface area contributed by atoms with E-state index in [2.05, 4.69) is 9.97 Å². The summed E-state index contributed by atoms with van der Waals surface area (Å²) in [5.41, 5.74) is 1.91. The second kappa shape index (κ2) is 4.74. The van der Waals surface area contributed by atoms with Crippen molar-refractivity contribution in [2.24, 2.45) is 0 Å². The van der Waals surface area contributed by atoms with Gasteiger partial charge in [0.2, 0.25) is 0 Å². The maximum Gasteiger partial charge on any atom is 0.141 e. The Labute approximate surface area is 109 Å². The van der Waals surface area contributed by atoms with Crippen molar-refractivity contribution in [2.45, 2.75) is 6.10 Å². The van der Waals surface area contributed by atoms with E-state index in [4.69, 9.17) is 0 Å². The van der Waals surface area contributed by atoms with E-state index in [0.717, 1.165) is 17.1 Å². The van der Waals surface area contributed by atoms with Crippen molar-refractivity contribution in [2.75, 3.05) is 0 Å². The van der Waals surface area contributed by atoms with Crippen molar-refractivity contribution >= 4 is 10.9 Å². The van der Waals surface area contributed by atoms with Crippen LogP contribution in [0.15, 0.2) is 55.0 Å². The number of hydrogen-bond donors (Lipinski definition) is 1. The smallest absolute Gasteiger partial charge is 0.141 e. The molecule has 4 heteroatoms. The van der Waals surface area contributed by atoms with E-state index in [1.807, 2.05) is 24.3 Å². The molecule has 1 aromatic carbocycles. The van der Waals surface area contributed by atoms with Gasteiger partial charge in [-0.3, -0.25) is 9.97 Å². The lowest BCUT2D eigenvalue weighted by Crippen LogP contribution is -2.02. The Balaban J connectivity index is 2.14. The largest absolute Gasteiger partial charge is 0.384 e. The fourth-order valence-corrected chi connectivity index (χ4v) is 2.12. The monoisotopic (exact) mass is 254 g/mol. The number of rotatable bonds is 2.